The molecular weight excluding hydrogens is 922 g/mol. The van der Waals surface area contributed by atoms with Gasteiger partial charge in [-0.3, -0.25) is 0 Å². The summed E-state index contributed by atoms with van der Waals surface area (Å²) < 4.78 is 299. The summed E-state index contributed by atoms with van der Waals surface area (Å²) in [6, 6.07) is 1.15. The van der Waals surface area contributed by atoms with Crippen molar-refractivity contribution in [1.29, 1.82) is 0 Å². The number of imidazole rings is 1. The summed E-state index contributed by atoms with van der Waals surface area (Å²) in [4.78, 5) is 0. The number of aromatic nitrogens is 2. The lowest BCUT2D eigenvalue weighted by molar-refractivity contribution is -0.699. The van der Waals surface area contributed by atoms with E-state index in [1.807, 2.05) is 0 Å². The second-order valence-electron chi connectivity index (χ2n) is 16.4. The Labute approximate surface area is 355 Å². The number of nitrogens with zero attached hydrogens (tertiary/aromatic N) is 2. The first-order chi connectivity index (χ1) is 30.3. The van der Waals surface area contributed by atoms with Crippen LogP contribution in [0.2, 0.25) is 11.6 Å². The molecule has 3 heterocycles. The minimum Gasteiger partial charge on any atom is -0.242 e. The van der Waals surface area contributed by atoms with Gasteiger partial charge in [0.1, 0.15) is 65.1 Å². The molecule has 0 saturated carbocycles. The zero-order valence-corrected chi connectivity index (χ0v) is 33.8. The summed E-state index contributed by atoms with van der Waals surface area (Å²) in [6.07, 6.45) is 6.21. The summed E-state index contributed by atoms with van der Waals surface area (Å²) in [6.45, 7) is 10.1. The predicted octanol–water partition coefficient (Wildman–Crippen LogP) is 9.59. The van der Waals surface area contributed by atoms with E-state index in [0.717, 1.165) is 18.3 Å². The Bertz CT molecular complexity index is 2290. The first-order valence-electron chi connectivity index (χ1n) is 19.6. The maximum Gasteiger partial charge on any atom is 0.290 e. The van der Waals surface area contributed by atoms with Crippen LogP contribution in [0.25, 0.3) is 0 Å². The maximum absolute atomic E-state index is 15.4. The van der Waals surface area contributed by atoms with Gasteiger partial charge in [-0.1, -0.05) is 38.5 Å². The van der Waals surface area contributed by atoms with Crippen molar-refractivity contribution in [3.8, 4) is 0 Å². The molecule has 2 aliphatic heterocycles. The maximum atomic E-state index is 15.4. The van der Waals surface area contributed by atoms with Crippen molar-refractivity contribution < 1.29 is 92.4 Å². The molecule has 0 aliphatic carbocycles. The number of rotatable bonds is 7. The highest BCUT2D eigenvalue weighted by molar-refractivity contribution is 7.20. The monoisotopic (exact) mass is 952 g/mol. The van der Waals surface area contributed by atoms with Gasteiger partial charge in [-0.05, 0) is 39.3 Å². The van der Waals surface area contributed by atoms with Crippen molar-refractivity contribution in [2.45, 2.75) is 89.9 Å². The number of hydrogen-bond acceptors (Lipinski definition) is 0. The third-order valence-electron chi connectivity index (χ3n) is 12.4. The predicted molar refractivity (Wildman–Crippen MR) is 195 cm³/mol. The average molecular weight is 952 g/mol. The summed E-state index contributed by atoms with van der Waals surface area (Å²) in [5, 5.41) is 0. The fraction of sp³-hybridized carbons (Fsp3) is 0.341. The summed E-state index contributed by atoms with van der Waals surface area (Å²) >= 11 is 0. The molecule has 7 rings (SSSR count). The molecule has 24 heteroatoms. The molecule has 5 aromatic rings. The fourth-order valence-electron chi connectivity index (χ4n) is 9.62. The number of halogens is 20. The van der Waals surface area contributed by atoms with Crippen molar-refractivity contribution >= 4 is 40.4 Å². The number of benzene rings is 4. The Morgan fingerprint density at radius 3 is 0.862 bits per heavy atom. The van der Waals surface area contributed by atoms with Gasteiger partial charge in [-0.15, -0.1) is 21.9 Å². The highest BCUT2D eigenvalue weighted by atomic mass is 19.2. The van der Waals surface area contributed by atoms with Crippen molar-refractivity contribution in [2.24, 2.45) is 0 Å². The Balaban J connectivity index is 0.000000289. The molecule has 0 radical (unpaired) electrons. The molecular formula is C41H30B2F20N2. The van der Waals surface area contributed by atoms with E-state index in [1.54, 1.807) is 5.72 Å². The summed E-state index contributed by atoms with van der Waals surface area (Å²) in [7, 11) is 0. The second kappa shape index (κ2) is 17.9. The van der Waals surface area contributed by atoms with Crippen LogP contribution in [-0.4, -0.2) is 17.4 Å². The van der Waals surface area contributed by atoms with Crippen molar-refractivity contribution in [3.63, 3.8) is 0 Å². The van der Waals surface area contributed by atoms with Crippen molar-refractivity contribution in [2.75, 3.05) is 0 Å². The van der Waals surface area contributed by atoms with Crippen LogP contribution in [-0.2, 0) is 0 Å². The van der Waals surface area contributed by atoms with E-state index in [-0.39, 0.29) is 0 Å². The van der Waals surface area contributed by atoms with E-state index < -0.39 is 144 Å². The standard InChI is InChI=1S/C24BF20.C17H30BN2/c26-5-1(6(27)14(35)21(42)13(5)34)25(2-7(28)15(36)22(43)16(37)8(2)29,3-9(30)17(38)23(44)18(39)10(3)31)4-11(32)19(40)24(45)20(41)12(4)33;1-13(2)19-11-12-20(14(3)4)17(19)18-15-7-5-8-16(18)10-6-9-15/h;11-16H,5-10H2,1-4H3/q-1;+1. The van der Waals surface area contributed by atoms with Crippen LogP contribution in [0, 0.1) is 116 Å². The quantitative estimate of drug-likeness (QED) is 0.0506. The van der Waals surface area contributed by atoms with Gasteiger partial charge in [0.15, 0.2) is 69.8 Å². The molecule has 350 valence electrons. The van der Waals surface area contributed by atoms with E-state index in [4.69, 9.17) is 0 Å². The Kier molecular flexibility index (Phi) is 13.6. The normalized spacial score (nSPS) is 16.5. The molecule has 0 spiro atoms. The van der Waals surface area contributed by atoms with Crippen molar-refractivity contribution in [3.05, 3.63) is 129 Å². The van der Waals surface area contributed by atoms with Crippen LogP contribution in [0.15, 0.2) is 12.4 Å². The second-order valence-corrected chi connectivity index (χ2v) is 16.4. The molecule has 0 unspecified atom stereocenters. The smallest absolute Gasteiger partial charge is 0.242 e. The first-order valence-corrected chi connectivity index (χ1v) is 19.6. The fourth-order valence-corrected chi connectivity index (χ4v) is 9.62. The Morgan fingerprint density at radius 1 is 0.415 bits per heavy atom. The largest absolute Gasteiger partial charge is 0.290 e. The van der Waals surface area contributed by atoms with E-state index in [0.29, 0.717) is 12.1 Å². The van der Waals surface area contributed by atoms with Gasteiger partial charge in [0, 0.05) is 0 Å². The minimum absolute atomic E-state index is 0.577. The Morgan fingerprint density at radius 2 is 0.646 bits per heavy atom. The first kappa shape index (κ1) is 49.3. The highest BCUT2D eigenvalue weighted by Crippen LogP contribution is 2.46. The molecule has 65 heavy (non-hydrogen) atoms. The van der Waals surface area contributed by atoms with E-state index in [2.05, 4.69) is 49.2 Å². The molecule has 1 aromatic heterocycles. The molecule has 4 aromatic carbocycles. The van der Waals surface area contributed by atoms with Crippen LogP contribution in [0.1, 0.15) is 78.3 Å². The molecule has 2 fully saturated rings. The van der Waals surface area contributed by atoms with Gasteiger partial charge in [0.05, 0.1) is 12.1 Å². The van der Waals surface area contributed by atoms with E-state index in [9.17, 15) is 52.7 Å². The molecule has 0 N–H and O–H groups in total. The lowest BCUT2D eigenvalue weighted by atomic mass is 9.12. The topological polar surface area (TPSA) is 8.81 Å². The SMILES string of the molecule is CC(C)n1cc[n+](C(C)C)c1B1C2CCCC1CCC2.Fc1c(F)c(F)c([B-](c2c(F)c(F)c(F)c(F)c2F)(c2c(F)c(F)c(F)c(F)c2F)c2c(F)c(F)c(F)c(F)c2F)c(F)c1F. The molecule has 2 nitrogen and oxygen atoms in total. The molecule has 0 amide bonds. The summed E-state index contributed by atoms with van der Waals surface area (Å²) in [5.74, 6) is -69.5. The van der Waals surface area contributed by atoms with Crippen LogP contribution >= 0.6 is 0 Å². The van der Waals surface area contributed by atoms with E-state index >= 15 is 35.1 Å². The zero-order valence-electron chi connectivity index (χ0n) is 33.8. The van der Waals surface area contributed by atoms with Gasteiger partial charge in [-0.25, -0.2) is 96.9 Å². The third kappa shape index (κ3) is 7.43. The lowest BCUT2D eigenvalue weighted by Gasteiger charge is -2.44. The number of hydrogen-bond donors (Lipinski definition) is 0. The van der Waals surface area contributed by atoms with Gasteiger partial charge >= 0.3 is 0 Å². The molecule has 0 atom stereocenters. The third-order valence-corrected chi connectivity index (χ3v) is 12.4. The summed E-state index contributed by atoms with van der Waals surface area (Å²) in [5.41, 5.74) is -12.7. The van der Waals surface area contributed by atoms with Crippen LogP contribution in [0.4, 0.5) is 87.8 Å². The van der Waals surface area contributed by atoms with Gasteiger partial charge < -0.3 is 0 Å². The molecule has 2 aliphatic rings. The van der Waals surface area contributed by atoms with Gasteiger partial charge in [0.2, 0.25) is 5.72 Å². The Hall–Kier alpha value is -5.18. The number of fused-ring (bicyclic) bond motifs is 2. The van der Waals surface area contributed by atoms with Gasteiger partial charge in [0.25, 0.3) is 6.71 Å². The zero-order chi connectivity index (χ0) is 48.6. The molecule has 2 saturated heterocycles. The van der Waals surface area contributed by atoms with Crippen LogP contribution in [0.3, 0.4) is 0 Å². The highest BCUT2D eigenvalue weighted by Gasteiger charge is 2.53. The average Bonchev–Trinajstić information content (AvgIpc) is 3.72. The van der Waals surface area contributed by atoms with E-state index in [1.165, 1.54) is 38.5 Å². The minimum atomic E-state index is -7.22. The van der Waals surface area contributed by atoms with Crippen LogP contribution < -0.4 is 32.1 Å². The molecule has 2 bridgehead atoms. The van der Waals surface area contributed by atoms with Gasteiger partial charge in [-0.2, -0.15) is 0 Å². The van der Waals surface area contributed by atoms with Crippen molar-refractivity contribution in [1.82, 2.24) is 4.57 Å². The van der Waals surface area contributed by atoms with Crippen LogP contribution in [0.5, 0.6) is 0 Å². The lowest BCUT2D eigenvalue weighted by Crippen LogP contribution is -2.81.